The molecule has 0 amide bonds. The summed E-state index contributed by atoms with van der Waals surface area (Å²) in [6.07, 6.45) is 0.527. The molecule has 304 valence electrons. The monoisotopic (exact) mass is 874 g/mol. The van der Waals surface area contributed by atoms with E-state index in [1.54, 1.807) is 61.9 Å². The second kappa shape index (κ2) is 17.0. The average molecular weight is 877 g/mol. The fourth-order valence-electron chi connectivity index (χ4n) is 7.29. The number of hydrogen-bond acceptors (Lipinski definition) is 9. The van der Waals surface area contributed by atoms with Gasteiger partial charge in [-0.15, -0.1) is 0 Å². The van der Waals surface area contributed by atoms with Crippen LogP contribution in [-0.2, 0) is 36.5 Å². The molecule has 59 heavy (non-hydrogen) atoms. The van der Waals surface area contributed by atoms with Crippen molar-refractivity contribution in [2.75, 3.05) is 23.8 Å². The first-order valence-corrected chi connectivity index (χ1v) is 19.9. The van der Waals surface area contributed by atoms with E-state index in [1.807, 2.05) is 42.8 Å². The number of ether oxygens (including phenoxy) is 1. The fraction of sp³-hybridized carbons (Fsp3) is 0.214. The van der Waals surface area contributed by atoms with Crippen LogP contribution in [0, 0.1) is 13.8 Å². The van der Waals surface area contributed by atoms with Gasteiger partial charge in [-0.1, -0.05) is 70.7 Å². The maximum atomic E-state index is 12.9. The highest BCUT2D eigenvalue weighted by Gasteiger charge is 2.21. The van der Waals surface area contributed by atoms with Gasteiger partial charge in [0.05, 0.1) is 77.3 Å². The van der Waals surface area contributed by atoms with Gasteiger partial charge in [0, 0.05) is 32.1 Å². The quantitative estimate of drug-likeness (QED) is 0.0887. The van der Waals surface area contributed by atoms with Crippen molar-refractivity contribution in [1.29, 1.82) is 0 Å². The summed E-state index contributed by atoms with van der Waals surface area (Å²) in [5, 5.41) is 20.1. The largest absolute Gasteiger partial charge is 0.466 e. The van der Waals surface area contributed by atoms with Gasteiger partial charge >= 0.3 is 5.97 Å². The number of nitrogens with one attached hydrogen (secondary N) is 4. The number of pyridine rings is 2. The molecular weight excluding hydrogens is 838 g/mol. The molecule has 17 heteroatoms. The van der Waals surface area contributed by atoms with E-state index < -0.39 is 0 Å². The Labute approximate surface area is 356 Å². The zero-order valence-electron chi connectivity index (χ0n) is 32.5. The van der Waals surface area contributed by atoms with Crippen LogP contribution < -0.4 is 21.8 Å². The number of aromatic nitrogens is 6. The van der Waals surface area contributed by atoms with Gasteiger partial charge < -0.3 is 39.6 Å². The summed E-state index contributed by atoms with van der Waals surface area (Å²) in [4.78, 5) is 52.8. The van der Waals surface area contributed by atoms with Crippen LogP contribution in [0.3, 0.4) is 0 Å². The van der Waals surface area contributed by atoms with Gasteiger partial charge in [-0.25, -0.2) is 9.97 Å². The molecule has 0 unspecified atom stereocenters. The second-order valence-corrected chi connectivity index (χ2v) is 15.3. The Morgan fingerprint density at radius 1 is 0.712 bits per heavy atom. The van der Waals surface area contributed by atoms with Crippen molar-refractivity contribution in [3.63, 3.8) is 0 Å². The van der Waals surface area contributed by atoms with Crippen molar-refractivity contribution in [1.82, 2.24) is 29.1 Å². The Kier molecular flexibility index (Phi) is 12.0. The topological polar surface area (TPSA) is 172 Å². The minimum absolute atomic E-state index is 0.00319. The summed E-state index contributed by atoms with van der Waals surface area (Å²) in [5.74, 6) is 0.644. The Morgan fingerprint density at radius 2 is 1.14 bits per heavy atom. The number of imidazole rings is 2. The molecule has 0 fully saturated rings. The van der Waals surface area contributed by atoms with Gasteiger partial charge in [-0.3, -0.25) is 14.4 Å². The molecule has 0 saturated carbocycles. The van der Waals surface area contributed by atoms with Gasteiger partial charge in [0.2, 0.25) is 11.9 Å². The summed E-state index contributed by atoms with van der Waals surface area (Å²) in [7, 11) is 3.62. The van der Waals surface area contributed by atoms with Crippen molar-refractivity contribution in [2.45, 2.75) is 33.6 Å². The lowest BCUT2D eigenvalue weighted by Gasteiger charge is -2.12. The molecule has 0 aliphatic carbocycles. The number of para-hydroxylation sites is 2. The number of fused-ring (bicyclic) bond motifs is 6. The molecule has 4 aromatic heterocycles. The normalized spacial score (nSPS) is 11.4. The van der Waals surface area contributed by atoms with Gasteiger partial charge in [0.1, 0.15) is 0 Å². The molecule has 8 aromatic rings. The highest BCUT2D eigenvalue weighted by molar-refractivity contribution is 6.40. The summed E-state index contributed by atoms with van der Waals surface area (Å²) in [6.45, 7) is 5.67. The molecule has 0 aliphatic rings. The predicted octanol–water partition coefficient (Wildman–Crippen LogP) is 9.19. The molecule has 0 spiro atoms. The van der Waals surface area contributed by atoms with Crippen LogP contribution >= 0.6 is 46.4 Å². The molecule has 0 radical (unpaired) electrons. The number of esters is 1. The maximum Gasteiger partial charge on any atom is 0.310 e. The van der Waals surface area contributed by atoms with Crippen LogP contribution in [-0.4, -0.2) is 53.4 Å². The van der Waals surface area contributed by atoms with E-state index in [9.17, 15) is 19.5 Å². The van der Waals surface area contributed by atoms with Crippen molar-refractivity contribution in [3.8, 4) is 0 Å². The van der Waals surface area contributed by atoms with Gasteiger partial charge in [0.25, 0.3) is 11.1 Å². The lowest BCUT2D eigenvalue weighted by Crippen LogP contribution is -2.15. The third-order valence-electron chi connectivity index (χ3n) is 10.1. The first kappa shape index (κ1) is 41.6. The Morgan fingerprint density at radius 3 is 1.56 bits per heavy atom. The third-order valence-corrected chi connectivity index (χ3v) is 11.3. The van der Waals surface area contributed by atoms with Crippen LogP contribution in [0.2, 0.25) is 20.1 Å². The lowest BCUT2D eigenvalue weighted by molar-refractivity contribution is -0.142. The van der Waals surface area contributed by atoms with E-state index in [1.165, 1.54) is 0 Å². The fourth-order valence-corrected chi connectivity index (χ4v) is 8.28. The third kappa shape index (κ3) is 7.84. The van der Waals surface area contributed by atoms with Crippen molar-refractivity contribution >= 4 is 119 Å². The number of aryl methyl sites for hydroxylation is 4. The van der Waals surface area contributed by atoms with Gasteiger partial charge in [-0.05, 0) is 85.5 Å². The number of carbonyl (C=O) groups excluding carboxylic acids is 1. The summed E-state index contributed by atoms with van der Waals surface area (Å²) in [6, 6.07) is 17.8. The molecule has 13 nitrogen and oxygen atoms in total. The van der Waals surface area contributed by atoms with Crippen molar-refractivity contribution < 1.29 is 14.6 Å². The van der Waals surface area contributed by atoms with Crippen LogP contribution in [0.15, 0.2) is 70.3 Å². The zero-order chi connectivity index (χ0) is 42.3. The number of anilines is 4. The van der Waals surface area contributed by atoms with E-state index in [0.717, 1.165) is 22.2 Å². The molecular formula is C42H38Cl4N8O5. The summed E-state index contributed by atoms with van der Waals surface area (Å²) >= 11 is 25.1. The highest BCUT2D eigenvalue weighted by atomic mass is 35.5. The first-order chi connectivity index (χ1) is 28.2. The standard InChI is InChI=1S/C22H20Cl2N4O3.C20H18Cl2N4O2/c1-4-31-17(29)10-13-11(2)25-21(30)18-12(13)8-9-16-20(18)28(3)22(26-16)27-19-14(23)6-5-7-15(19)24;1-10-11(8-9-27)12-6-7-15-18(16(12)19(28)23-10)26(2)20(24-15)25-17-13(21)4-3-5-14(17)22/h5-9H,4,10H2,1-3H3,(H,25,30)(H,26,27);3-7,27H,8-9H2,1-2H3,(H,23,28)(H,24,25). The number of halogens is 4. The summed E-state index contributed by atoms with van der Waals surface area (Å²) < 4.78 is 8.68. The highest BCUT2D eigenvalue weighted by Crippen LogP contribution is 2.36. The number of rotatable bonds is 9. The van der Waals surface area contributed by atoms with Crippen LogP contribution in [0.4, 0.5) is 23.3 Å². The van der Waals surface area contributed by atoms with Gasteiger partial charge in [0.15, 0.2) is 0 Å². The van der Waals surface area contributed by atoms with Crippen molar-refractivity contribution in [3.05, 3.63) is 124 Å². The van der Waals surface area contributed by atoms with Crippen LogP contribution in [0.5, 0.6) is 0 Å². The minimum Gasteiger partial charge on any atom is -0.466 e. The number of aliphatic hydroxyl groups is 1. The Hall–Kier alpha value is -5.57. The van der Waals surface area contributed by atoms with E-state index in [0.29, 0.717) is 100 Å². The average Bonchev–Trinajstić information content (AvgIpc) is 3.69. The number of aliphatic hydroxyl groups excluding tert-OH is 1. The molecule has 4 aromatic carbocycles. The molecule has 8 rings (SSSR count). The Bertz CT molecular complexity index is 3040. The van der Waals surface area contributed by atoms with E-state index in [2.05, 4.69) is 30.6 Å². The molecule has 0 saturated heterocycles. The van der Waals surface area contributed by atoms with Crippen molar-refractivity contribution in [2.24, 2.45) is 14.1 Å². The number of aromatic amines is 2. The molecule has 4 heterocycles. The first-order valence-electron chi connectivity index (χ1n) is 18.4. The van der Waals surface area contributed by atoms with Crippen LogP contribution in [0.1, 0.15) is 29.4 Å². The smallest absolute Gasteiger partial charge is 0.310 e. The van der Waals surface area contributed by atoms with E-state index in [4.69, 9.17) is 51.1 Å². The van der Waals surface area contributed by atoms with Gasteiger partial charge in [-0.2, -0.15) is 0 Å². The molecule has 0 aliphatic heterocycles. The Balaban J connectivity index is 0.000000180. The maximum absolute atomic E-state index is 12.9. The molecule has 5 N–H and O–H groups in total. The number of hydrogen-bond donors (Lipinski definition) is 5. The number of carbonyl (C=O) groups is 1. The lowest BCUT2D eigenvalue weighted by atomic mass is 10.0. The van der Waals surface area contributed by atoms with E-state index >= 15 is 0 Å². The SMILES string of the molecule is CCOC(=O)Cc1c(C)[nH]c(=O)c2c1ccc1nc(Nc3c(Cl)cccc3Cl)n(C)c12.Cc1[nH]c(=O)c2c(ccc3nc(Nc4c(Cl)cccc4Cl)n(C)c32)c1CCO. The number of nitrogens with zero attached hydrogens (tertiary/aromatic N) is 4. The number of benzene rings is 4. The second-order valence-electron chi connectivity index (χ2n) is 13.7. The predicted molar refractivity (Wildman–Crippen MR) is 238 cm³/mol. The number of H-pyrrole nitrogens is 2. The summed E-state index contributed by atoms with van der Waals surface area (Å²) in [5.41, 5.74) is 6.30. The van der Waals surface area contributed by atoms with Crippen LogP contribution in [0.25, 0.3) is 43.6 Å². The minimum atomic E-state index is -0.347. The molecule has 0 atom stereocenters. The molecule has 0 bridgehead atoms. The van der Waals surface area contributed by atoms with E-state index in [-0.39, 0.29) is 30.1 Å². The zero-order valence-corrected chi connectivity index (χ0v) is 35.5.